The first-order valence-electron chi connectivity index (χ1n) is 12.4. The first-order valence-corrected chi connectivity index (χ1v) is 12.4. The Kier molecular flexibility index (Phi) is 8.08. The molecule has 1 heterocycles. The Morgan fingerprint density at radius 1 is 0.946 bits per heavy atom. The largest absolute Gasteiger partial charge is 0.354 e. The Balaban J connectivity index is 1.78. The van der Waals surface area contributed by atoms with Crippen LogP contribution in [0, 0.1) is 5.92 Å². The van der Waals surface area contributed by atoms with Gasteiger partial charge in [0, 0.05) is 17.8 Å². The number of amides is 2. The van der Waals surface area contributed by atoms with Crippen molar-refractivity contribution in [3.8, 4) is 0 Å². The predicted octanol–water partition coefficient (Wildman–Crippen LogP) is 4.57. The van der Waals surface area contributed by atoms with E-state index < -0.39 is 6.04 Å². The lowest BCUT2D eigenvalue weighted by molar-refractivity contribution is -0.127. The minimum Gasteiger partial charge on any atom is -0.354 e. The van der Waals surface area contributed by atoms with Crippen molar-refractivity contribution in [1.82, 2.24) is 20.3 Å². The number of rotatable bonds is 10. The zero-order chi connectivity index (χ0) is 26.4. The molecule has 0 aliphatic rings. The monoisotopic (exact) mass is 497 g/mol. The molecule has 0 fully saturated rings. The lowest BCUT2D eigenvalue weighted by Crippen LogP contribution is -2.45. The minimum absolute atomic E-state index is 0.130. The molecule has 190 valence electrons. The van der Waals surface area contributed by atoms with Gasteiger partial charge >= 0.3 is 0 Å². The number of carbonyl (C=O) groups is 3. The van der Waals surface area contributed by atoms with Gasteiger partial charge < -0.3 is 5.32 Å². The highest BCUT2D eigenvalue weighted by Crippen LogP contribution is 2.29. The van der Waals surface area contributed by atoms with E-state index in [9.17, 15) is 14.4 Å². The van der Waals surface area contributed by atoms with Gasteiger partial charge in [-0.2, -0.15) is 0 Å². The van der Waals surface area contributed by atoms with Gasteiger partial charge in [-0.3, -0.25) is 19.3 Å². The molecule has 0 saturated heterocycles. The van der Waals surface area contributed by atoms with Crippen molar-refractivity contribution in [1.29, 1.82) is 0 Å². The van der Waals surface area contributed by atoms with E-state index in [0.29, 0.717) is 40.3 Å². The van der Waals surface area contributed by atoms with E-state index in [1.165, 1.54) is 16.5 Å². The molecule has 8 heteroatoms. The van der Waals surface area contributed by atoms with Crippen LogP contribution in [0.1, 0.15) is 49.2 Å². The Hall–Kier alpha value is -4.33. The molecule has 1 aromatic heterocycles. The topological polar surface area (TPSA) is 97.2 Å². The van der Waals surface area contributed by atoms with Crippen LogP contribution < -0.4 is 10.2 Å². The standard InChI is InChI=1S/C29H31N5O3/c1-20(2)16-17-30-29(37)28(22-10-5-4-6-11-22)34(24-13-9-12-23(18-24)21(3)35)27(36)19-33-26-15-8-7-14-25(26)31-32-33/h4-15,18,20,28H,16-17,19H2,1-3H3,(H,30,37)/t28-/m0/s1. The van der Waals surface area contributed by atoms with Crippen molar-refractivity contribution >= 4 is 34.3 Å². The highest BCUT2D eigenvalue weighted by atomic mass is 16.2. The van der Waals surface area contributed by atoms with E-state index in [2.05, 4.69) is 29.5 Å². The second-order valence-corrected chi connectivity index (χ2v) is 9.39. The third kappa shape index (κ3) is 6.09. The number of ketones is 1. The van der Waals surface area contributed by atoms with E-state index in [-0.39, 0.29) is 24.1 Å². The molecule has 1 atom stereocenters. The van der Waals surface area contributed by atoms with Crippen LogP contribution in [0.4, 0.5) is 5.69 Å². The van der Waals surface area contributed by atoms with Crippen molar-refractivity contribution in [2.75, 3.05) is 11.4 Å². The smallest absolute Gasteiger partial charge is 0.249 e. The van der Waals surface area contributed by atoms with Gasteiger partial charge in [-0.25, -0.2) is 4.68 Å². The molecule has 8 nitrogen and oxygen atoms in total. The van der Waals surface area contributed by atoms with Crippen LogP contribution in [0.3, 0.4) is 0 Å². The summed E-state index contributed by atoms with van der Waals surface area (Å²) in [4.78, 5) is 41.3. The number of hydrogen-bond donors (Lipinski definition) is 1. The number of benzene rings is 3. The molecule has 0 aliphatic heterocycles. The van der Waals surface area contributed by atoms with Crippen LogP contribution in [0.2, 0.25) is 0 Å². The molecule has 0 radical (unpaired) electrons. The maximum atomic E-state index is 14.0. The van der Waals surface area contributed by atoms with Gasteiger partial charge in [0.25, 0.3) is 0 Å². The number of aromatic nitrogens is 3. The van der Waals surface area contributed by atoms with Crippen LogP contribution in [-0.2, 0) is 16.1 Å². The van der Waals surface area contributed by atoms with Crippen LogP contribution in [0.25, 0.3) is 11.0 Å². The lowest BCUT2D eigenvalue weighted by atomic mass is 10.0. The summed E-state index contributed by atoms with van der Waals surface area (Å²) in [6.07, 6.45) is 0.811. The number of para-hydroxylation sites is 1. The van der Waals surface area contributed by atoms with Crippen LogP contribution in [0.5, 0.6) is 0 Å². The van der Waals surface area contributed by atoms with Gasteiger partial charge in [-0.15, -0.1) is 5.10 Å². The fourth-order valence-corrected chi connectivity index (χ4v) is 4.18. The highest BCUT2D eigenvalue weighted by molar-refractivity contribution is 6.03. The van der Waals surface area contributed by atoms with E-state index in [1.54, 1.807) is 24.3 Å². The van der Waals surface area contributed by atoms with Crippen molar-refractivity contribution in [3.05, 3.63) is 90.0 Å². The van der Waals surface area contributed by atoms with Crippen molar-refractivity contribution in [2.45, 2.75) is 39.8 Å². The summed E-state index contributed by atoms with van der Waals surface area (Å²) >= 11 is 0. The first-order chi connectivity index (χ1) is 17.8. The number of nitrogens with one attached hydrogen (secondary N) is 1. The van der Waals surface area contributed by atoms with E-state index in [1.807, 2.05) is 54.6 Å². The van der Waals surface area contributed by atoms with Crippen molar-refractivity contribution in [3.63, 3.8) is 0 Å². The third-order valence-corrected chi connectivity index (χ3v) is 6.15. The molecule has 4 rings (SSSR count). The average molecular weight is 498 g/mol. The van der Waals surface area contributed by atoms with Crippen molar-refractivity contribution < 1.29 is 14.4 Å². The summed E-state index contributed by atoms with van der Waals surface area (Å²) in [5.74, 6) is -0.365. The first kappa shape index (κ1) is 25.8. The maximum Gasteiger partial charge on any atom is 0.249 e. The zero-order valence-electron chi connectivity index (χ0n) is 21.3. The molecule has 0 bridgehead atoms. The molecular formula is C29H31N5O3. The normalized spacial score (nSPS) is 11.9. The van der Waals surface area contributed by atoms with E-state index >= 15 is 0 Å². The molecular weight excluding hydrogens is 466 g/mol. The van der Waals surface area contributed by atoms with Gasteiger partial charge in [0.15, 0.2) is 5.78 Å². The van der Waals surface area contributed by atoms with Gasteiger partial charge in [0.2, 0.25) is 11.8 Å². The Bertz CT molecular complexity index is 1400. The summed E-state index contributed by atoms with van der Waals surface area (Å²) in [5.41, 5.74) is 2.95. The Labute approximate surface area is 216 Å². The van der Waals surface area contributed by atoms with Gasteiger partial charge in [-0.1, -0.05) is 73.7 Å². The van der Waals surface area contributed by atoms with Crippen LogP contribution >= 0.6 is 0 Å². The highest BCUT2D eigenvalue weighted by Gasteiger charge is 2.33. The molecule has 1 N–H and O–H groups in total. The Morgan fingerprint density at radius 3 is 2.41 bits per heavy atom. The summed E-state index contributed by atoms with van der Waals surface area (Å²) < 4.78 is 1.53. The Morgan fingerprint density at radius 2 is 1.68 bits per heavy atom. The fourth-order valence-electron chi connectivity index (χ4n) is 4.18. The molecule has 3 aromatic carbocycles. The second kappa shape index (κ2) is 11.6. The SMILES string of the molecule is CC(=O)c1cccc(N(C(=O)Cn2nnc3ccccc32)[C@H](C(=O)NCCC(C)C)c2ccccc2)c1. The average Bonchev–Trinajstić information content (AvgIpc) is 3.30. The third-order valence-electron chi connectivity index (χ3n) is 6.15. The zero-order valence-corrected chi connectivity index (χ0v) is 21.3. The summed E-state index contributed by atoms with van der Waals surface area (Å²) in [5, 5.41) is 11.3. The number of hydrogen-bond acceptors (Lipinski definition) is 5. The molecule has 4 aromatic rings. The number of fused-ring (bicyclic) bond motifs is 1. The number of carbonyl (C=O) groups excluding carboxylic acids is 3. The fraction of sp³-hybridized carbons (Fsp3) is 0.276. The van der Waals surface area contributed by atoms with Gasteiger partial charge in [-0.05, 0) is 49.1 Å². The van der Waals surface area contributed by atoms with E-state index in [0.717, 1.165) is 6.42 Å². The minimum atomic E-state index is -0.946. The number of anilines is 1. The molecule has 37 heavy (non-hydrogen) atoms. The molecule has 0 aliphatic carbocycles. The molecule has 2 amide bonds. The molecule has 0 unspecified atom stereocenters. The maximum absolute atomic E-state index is 14.0. The van der Waals surface area contributed by atoms with E-state index in [4.69, 9.17) is 0 Å². The number of nitrogens with zero attached hydrogens (tertiary/aromatic N) is 4. The van der Waals surface area contributed by atoms with Crippen molar-refractivity contribution in [2.24, 2.45) is 5.92 Å². The van der Waals surface area contributed by atoms with Gasteiger partial charge in [0.1, 0.15) is 18.1 Å². The van der Waals surface area contributed by atoms with Gasteiger partial charge in [0.05, 0.1) is 5.52 Å². The summed E-state index contributed by atoms with van der Waals surface area (Å²) in [6, 6.07) is 22.4. The summed E-state index contributed by atoms with van der Waals surface area (Å²) in [6.45, 7) is 6.01. The van der Waals surface area contributed by atoms with Crippen LogP contribution in [-0.4, -0.2) is 39.1 Å². The molecule has 0 saturated carbocycles. The quantitative estimate of drug-likeness (QED) is 0.324. The lowest BCUT2D eigenvalue weighted by Gasteiger charge is -2.32. The van der Waals surface area contributed by atoms with Crippen LogP contribution in [0.15, 0.2) is 78.9 Å². The summed E-state index contributed by atoms with van der Waals surface area (Å²) in [7, 11) is 0. The number of Topliss-reactive ketones (excluding diaryl/α,β-unsaturated/α-hetero) is 1. The second-order valence-electron chi connectivity index (χ2n) is 9.39. The molecule has 0 spiro atoms. The predicted molar refractivity (Wildman–Crippen MR) is 143 cm³/mol.